The van der Waals surface area contributed by atoms with Gasteiger partial charge < -0.3 is 15.8 Å². The van der Waals surface area contributed by atoms with Gasteiger partial charge >= 0.3 is 5.97 Å². The minimum atomic E-state index is -0.911. The first-order chi connectivity index (χ1) is 7.92. The van der Waals surface area contributed by atoms with Gasteiger partial charge in [0.15, 0.2) is 0 Å². The molecule has 0 saturated carbocycles. The van der Waals surface area contributed by atoms with E-state index in [9.17, 15) is 4.79 Å². The van der Waals surface area contributed by atoms with Crippen molar-refractivity contribution in [3.8, 4) is 0 Å². The van der Waals surface area contributed by atoms with Gasteiger partial charge in [0.1, 0.15) is 5.65 Å². The van der Waals surface area contributed by atoms with Crippen LogP contribution in [0.3, 0.4) is 0 Å². The molecule has 4 N–H and O–H groups in total. The van der Waals surface area contributed by atoms with Gasteiger partial charge in [0.25, 0.3) is 0 Å². The van der Waals surface area contributed by atoms with E-state index in [0.717, 1.165) is 22.2 Å². The maximum Gasteiger partial charge on any atom is 0.305 e. The van der Waals surface area contributed by atoms with Crippen molar-refractivity contribution in [2.24, 2.45) is 5.73 Å². The number of fused-ring (bicyclic) bond motifs is 1. The average molecular weight is 233 g/mol. The minimum absolute atomic E-state index is 0.117. The zero-order valence-corrected chi connectivity index (χ0v) is 9.82. The summed E-state index contributed by atoms with van der Waals surface area (Å²) in [4.78, 5) is 18.0. The largest absolute Gasteiger partial charge is 0.481 e. The van der Waals surface area contributed by atoms with E-state index in [4.69, 9.17) is 10.8 Å². The summed E-state index contributed by atoms with van der Waals surface area (Å²) in [6.07, 6.45) is 3.34. The lowest BCUT2D eigenvalue weighted by Crippen LogP contribution is -2.35. The molecule has 2 heterocycles. The SMILES string of the molecule is Cc1ccnc2[nH]cc([C@@](C)(N)CC(=O)O)c12. The molecule has 0 fully saturated rings. The second-order valence-corrected chi connectivity index (χ2v) is 4.54. The number of rotatable bonds is 3. The molecule has 0 aliphatic rings. The molecular formula is C12H15N3O2. The second-order valence-electron chi connectivity index (χ2n) is 4.54. The third-order valence-corrected chi connectivity index (χ3v) is 2.92. The number of H-pyrrole nitrogens is 1. The summed E-state index contributed by atoms with van der Waals surface area (Å²) < 4.78 is 0. The van der Waals surface area contributed by atoms with Crippen LogP contribution in [0.5, 0.6) is 0 Å². The first-order valence-electron chi connectivity index (χ1n) is 5.35. The van der Waals surface area contributed by atoms with Crippen molar-refractivity contribution in [1.82, 2.24) is 9.97 Å². The van der Waals surface area contributed by atoms with Gasteiger partial charge in [0.2, 0.25) is 0 Å². The highest BCUT2D eigenvalue weighted by atomic mass is 16.4. The Bertz CT molecular complexity index is 572. The minimum Gasteiger partial charge on any atom is -0.481 e. The number of hydrogen-bond acceptors (Lipinski definition) is 3. The van der Waals surface area contributed by atoms with Crippen LogP contribution >= 0.6 is 0 Å². The Hall–Kier alpha value is -1.88. The number of pyridine rings is 1. The zero-order valence-electron chi connectivity index (χ0n) is 9.82. The number of aliphatic carboxylic acids is 1. The number of aromatic amines is 1. The maximum atomic E-state index is 10.8. The third kappa shape index (κ3) is 2.01. The lowest BCUT2D eigenvalue weighted by molar-refractivity contribution is -0.138. The van der Waals surface area contributed by atoms with E-state index in [1.165, 1.54) is 0 Å². The van der Waals surface area contributed by atoms with Crippen LogP contribution < -0.4 is 5.73 Å². The Morgan fingerprint density at radius 1 is 1.65 bits per heavy atom. The van der Waals surface area contributed by atoms with Crippen molar-refractivity contribution in [3.05, 3.63) is 29.6 Å². The van der Waals surface area contributed by atoms with Gasteiger partial charge in [-0.05, 0) is 31.0 Å². The fourth-order valence-electron chi connectivity index (χ4n) is 2.08. The number of aromatic nitrogens is 2. The molecule has 0 amide bonds. The van der Waals surface area contributed by atoms with Crippen LogP contribution in [0.4, 0.5) is 0 Å². The summed E-state index contributed by atoms with van der Waals surface area (Å²) in [5.41, 5.74) is 7.75. The quantitative estimate of drug-likeness (QED) is 0.749. The number of carbonyl (C=O) groups is 1. The predicted molar refractivity (Wildman–Crippen MR) is 64.6 cm³/mol. The standard InChI is InChI=1S/C12H15N3O2/c1-7-3-4-14-11-10(7)8(6-15-11)12(2,13)5-9(16)17/h3-4,6H,5,13H2,1-2H3,(H,14,15)(H,16,17)/t12-/m0/s1. The molecule has 0 aromatic carbocycles. The van der Waals surface area contributed by atoms with Crippen molar-refractivity contribution >= 4 is 17.0 Å². The Kier molecular flexibility index (Phi) is 2.63. The van der Waals surface area contributed by atoms with E-state index in [0.29, 0.717) is 0 Å². The van der Waals surface area contributed by atoms with Crippen LogP contribution in [0.2, 0.25) is 0 Å². The number of nitrogens with one attached hydrogen (secondary N) is 1. The third-order valence-electron chi connectivity index (χ3n) is 2.92. The van der Waals surface area contributed by atoms with Crippen LogP contribution in [-0.4, -0.2) is 21.0 Å². The first kappa shape index (κ1) is 11.6. The van der Waals surface area contributed by atoms with Crippen LogP contribution in [0.25, 0.3) is 11.0 Å². The van der Waals surface area contributed by atoms with Crippen molar-refractivity contribution in [1.29, 1.82) is 0 Å². The molecule has 2 aromatic rings. The molecule has 0 spiro atoms. The topological polar surface area (TPSA) is 92.0 Å². The van der Waals surface area contributed by atoms with Gasteiger partial charge in [-0.25, -0.2) is 4.98 Å². The molecular weight excluding hydrogens is 218 g/mol. The Morgan fingerprint density at radius 2 is 2.35 bits per heavy atom. The summed E-state index contributed by atoms with van der Waals surface area (Å²) in [6, 6.07) is 1.89. The molecule has 5 heteroatoms. The fraction of sp³-hybridized carbons (Fsp3) is 0.333. The molecule has 0 saturated heterocycles. The fourth-order valence-corrected chi connectivity index (χ4v) is 2.08. The van der Waals surface area contributed by atoms with Crippen molar-refractivity contribution in [3.63, 3.8) is 0 Å². The summed E-state index contributed by atoms with van der Waals surface area (Å²) in [7, 11) is 0. The molecule has 0 aliphatic carbocycles. The molecule has 2 rings (SSSR count). The van der Waals surface area contributed by atoms with Crippen LogP contribution in [0.15, 0.2) is 18.5 Å². The molecule has 0 radical (unpaired) electrons. The smallest absolute Gasteiger partial charge is 0.305 e. The summed E-state index contributed by atoms with van der Waals surface area (Å²) >= 11 is 0. The highest BCUT2D eigenvalue weighted by molar-refractivity contribution is 5.85. The summed E-state index contributed by atoms with van der Waals surface area (Å²) in [5, 5.41) is 9.80. The van der Waals surface area contributed by atoms with E-state index >= 15 is 0 Å². The number of hydrogen-bond donors (Lipinski definition) is 3. The Morgan fingerprint density at radius 3 is 3.00 bits per heavy atom. The average Bonchev–Trinajstić information content (AvgIpc) is 2.61. The van der Waals surface area contributed by atoms with E-state index in [1.807, 2.05) is 13.0 Å². The summed E-state index contributed by atoms with van der Waals surface area (Å²) in [5.74, 6) is -0.911. The molecule has 5 nitrogen and oxygen atoms in total. The van der Waals surface area contributed by atoms with Gasteiger partial charge in [-0.1, -0.05) is 0 Å². The van der Waals surface area contributed by atoms with Crippen LogP contribution in [0.1, 0.15) is 24.5 Å². The molecule has 90 valence electrons. The molecule has 0 unspecified atom stereocenters. The first-order valence-corrected chi connectivity index (χ1v) is 5.35. The van der Waals surface area contributed by atoms with E-state index in [2.05, 4.69) is 9.97 Å². The number of carboxylic acids is 1. The van der Waals surface area contributed by atoms with E-state index in [-0.39, 0.29) is 6.42 Å². The molecule has 0 bridgehead atoms. The lowest BCUT2D eigenvalue weighted by Gasteiger charge is -2.22. The highest BCUT2D eigenvalue weighted by Crippen LogP contribution is 2.30. The van der Waals surface area contributed by atoms with Crippen LogP contribution in [0, 0.1) is 6.92 Å². The molecule has 0 aliphatic heterocycles. The van der Waals surface area contributed by atoms with Gasteiger partial charge in [0.05, 0.1) is 12.0 Å². The normalized spacial score (nSPS) is 14.8. The van der Waals surface area contributed by atoms with Crippen molar-refractivity contribution in [2.45, 2.75) is 25.8 Å². The second kappa shape index (κ2) is 3.85. The van der Waals surface area contributed by atoms with Crippen LogP contribution in [-0.2, 0) is 10.3 Å². The van der Waals surface area contributed by atoms with E-state index in [1.54, 1.807) is 19.3 Å². The van der Waals surface area contributed by atoms with Crippen molar-refractivity contribution in [2.75, 3.05) is 0 Å². The van der Waals surface area contributed by atoms with Crippen molar-refractivity contribution < 1.29 is 9.90 Å². The number of nitrogens with zero attached hydrogens (tertiary/aromatic N) is 1. The molecule has 17 heavy (non-hydrogen) atoms. The molecule has 1 atom stereocenters. The highest BCUT2D eigenvalue weighted by Gasteiger charge is 2.28. The monoisotopic (exact) mass is 233 g/mol. The van der Waals surface area contributed by atoms with Gasteiger partial charge in [-0.15, -0.1) is 0 Å². The lowest BCUT2D eigenvalue weighted by atomic mass is 9.89. The van der Waals surface area contributed by atoms with E-state index < -0.39 is 11.5 Å². The summed E-state index contributed by atoms with van der Waals surface area (Å²) in [6.45, 7) is 3.67. The Labute approximate surface area is 98.7 Å². The molecule has 2 aromatic heterocycles. The number of aryl methyl sites for hydroxylation is 1. The predicted octanol–water partition coefficient (Wildman–Crippen LogP) is 1.52. The maximum absolute atomic E-state index is 10.8. The van der Waals surface area contributed by atoms with Gasteiger partial charge in [0, 0.05) is 17.8 Å². The van der Waals surface area contributed by atoms with Gasteiger partial charge in [-0.2, -0.15) is 0 Å². The van der Waals surface area contributed by atoms with Gasteiger partial charge in [-0.3, -0.25) is 4.79 Å². The number of carboxylic acid groups (broad SMARTS) is 1. The Balaban J connectivity index is 2.59. The number of nitrogens with two attached hydrogens (primary N) is 1. The zero-order chi connectivity index (χ0) is 12.6.